The maximum Gasteiger partial charge on any atom is 0.267 e. The second kappa shape index (κ2) is 5.90. The summed E-state index contributed by atoms with van der Waals surface area (Å²) >= 11 is 3.20. The molecule has 6 nitrogen and oxygen atoms in total. The van der Waals surface area contributed by atoms with Crippen LogP contribution in [0.4, 0.5) is 11.5 Å². The van der Waals surface area contributed by atoms with E-state index in [-0.39, 0.29) is 10.7 Å². The van der Waals surface area contributed by atoms with Crippen molar-refractivity contribution >= 4 is 37.5 Å². The summed E-state index contributed by atoms with van der Waals surface area (Å²) in [5.41, 5.74) is 6.11. The number of sulfonamides is 1. The minimum Gasteiger partial charge on any atom is -0.495 e. The van der Waals surface area contributed by atoms with Crippen LogP contribution in [-0.2, 0) is 10.0 Å². The van der Waals surface area contributed by atoms with Crippen LogP contribution in [-0.4, -0.2) is 27.6 Å². The van der Waals surface area contributed by atoms with E-state index < -0.39 is 10.0 Å². The van der Waals surface area contributed by atoms with Gasteiger partial charge in [-0.3, -0.25) is 4.31 Å². The van der Waals surface area contributed by atoms with Crippen LogP contribution in [0.1, 0.15) is 0 Å². The summed E-state index contributed by atoms with van der Waals surface area (Å²) in [5.74, 6) is 0.394. The largest absolute Gasteiger partial charge is 0.495 e. The van der Waals surface area contributed by atoms with Gasteiger partial charge in [0.15, 0.2) is 0 Å². The van der Waals surface area contributed by atoms with E-state index in [2.05, 4.69) is 20.9 Å². The van der Waals surface area contributed by atoms with Crippen LogP contribution in [0.15, 0.2) is 45.9 Å². The first-order valence-corrected chi connectivity index (χ1v) is 8.14. The fraction of sp³-hybridized carbons (Fsp3) is 0.154. The van der Waals surface area contributed by atoms with Crippen LogP contribution in [0.25, 0.3) is 0 Å². The van der Waals surface area contributed by atoms with Gasteiger partial charge < -0.3 is 10.5 Å². The van der Waals surface area contributed by atoms with Gasteiger partial charge in [0.1, 0.15) is 16.5 Å². The van der Waals surface area contributed by atoms with Gasteiger partial charge in [0.25, 0.3) is 10.0 Å². The van der Waals surface area contributed by atoms with Crippen LogP contribution in [0.2, 0.25) is 0 Å². The van der Waals surface area contributed by atoms with E-state index in [0.29, 0.717) is 15.9 Å². The Morgan fingerprint density at radius 2 is 2.00 bits per heavy atom. The molecule has 21 heavy (non-hydrogen) atoms. The Balaban J connectivity index is 2.55. The SMILES string of the molecule is COc1ccccc1N(C)S(=O)(=O)c1cc(Br)cnc1N. The van der Waals surface area contributed by atoms with Gasteiger partial charge in [-0.1, -0.05) is 12.1 Å². The van der Waals surface area contributed by atoms with E-state index in [9.17, 15) is 8.42 Å². The maximum atomic E-state index is 12.7. The number of methoxy groups -OCH3 is 1. The molecule has 0 aliphatic heterocycles. The first kappa shape index (κ1) is 15.6. The molecular weight excluding hydrogens is 358 g/mol. The second-order valence-corrected chi connectivity index (χ2v) is 7.03. The Bertz CT molecular complexity index is 765. The zero-order valence-electron chi connectivity index (χ0n) is 11.4. The molecule has 0 saturated carbocycles. The van der Waals surface area contributed by atoms with Crippen LogP contribution >= 0.6 is 15.9 Å². The highest BCUT2D eigenvalue weighted by Crippen LogP contribution is 2.32. The lowest BCUT2D eigenvalue weighted by Gasteiger charge is -2.22. The van der Waals surface area contributed by atoms with E-state index >= 15 is 0 Å². The zero-order chi connectivity index (χ0) is 15.6. The van der Waals surface area contributed by atoms with Gasteiger partial charge in [-0.25, -0.2) is 13.4 Å². The fourth-order valence-electron chi connectivity index (χ4n) is 1.80. The molecule has 112 valence electrons. The predicted octanol–water partition coefficient (Wildman–Crippen LogP) is 2.26. The van der Waals surface area contributed by atoms with Gasteiger partial charge in [-0.05, 0) is 34.1 Å². The van der Waals surface area contributed by atoms with E-state index in [1.54, 1.807) is 24.3 Å². The number of para-hydroxylation sites is 2. The highest BCUT2D eigenvalue weighted by Gasteiger charge is 2.26. The van der Waals surface area contributed by atoms with Crippen molar-refractivity contribution in [2.45, 2.75) is 4.90 Å². The molecule has 1 aromatic heterocycles. The van der Waals surface area contributed by atoms with Crippen LogP contribution < -0.4 is 14.8 Å². The number of halogens is 1. The molecule has 1 heterocycles. The van der Waals surface area contributed by atoms with E-state index in [1.165, 1.54) is 26.4 Å². The van der Waals surface area contributed by atoms with Gasteiger partial charge in [0.05, 0.1) is 12.8 Å². The number of hydrogen-bond acceptors (Lipinski definition) is 5. The molecule has 0 aliphatic carbocycles. The van der Waals surface area contributed by atoms with E-state index in [1.807, 2.05) is 0 Å². The number of nitrogens with two attached hydrogens (primary N) is 1. The second-order valence-electron chi connectivity index (χ2n) is 4.18. The van der Waals surface area contributed by atoms with E-state index in [4.69, 9.17) is 10.5 Å². The molecule has 0 spiro atoms. The predicted molar refractivity (Wildman–Crippen MR) is 84.9 cm³/mol. The normalized spacial score (nSPS) is 11.2. The third-order valence-corrected chi connectivity index (χ3v) is 5.15. The number of nitrogen functional groups attached to an aromatic ring is 1. The van der Waals surface area contributed by atoms with Crippen molar-refractivity contribution in [1.82, 2.24) is 4.98 Å². The molecule has 0 radical (unpaired) electrons. The first-order valence-electron chi connectivity index (χ1n) is 5.91. The summed E-state index contributed by atoms with van der Waals surface area (Å²) < 4.78 is 32.2. The minimum absolute atomic E-state index is 0.0556. The molecule has 0 bridgehead atoms. The number of anilines is 2. The lowest BCUT2D eigenvalue weighted by Crippen LogP contribution is -2.28. The molecule has 1 aromatic carbocycles. The fourth-order valence-corrected chi connectivity index (χ4v) is 3.59. The molecular formula is C13H14BrN3O3S. The Hall–Kier alpha value is -1.80. The van der Waals surface area contributed by atoms with Crippen molar-refractivity contribution < 1.29 is 13.2 Å². The summed E-state index contributed by atoms with van der Waals surface area (Å²) in [4.78, 5) is 3.79. The summed E-state index contributed by atoms with van der Waals surface area (Å²) in [6.07, 6.45) is 1.44. The Morgan fingerprint density at radius 1 is 1.33 bits per heavy atom. The lowest BCUT2D eigenvalue weighted by molar-refractivity contribution is 0.416. The highest BCUT2D eigenvalue weighted by atomic mass is 79.9. The molecule has 2 aromatic rings. The molecule has 0 atom stereocenters. The molecule has 0 fully saturated rings. The number of rotatable bonds is 4. The topological polar surface area (TPSA) is 85.5 Å². The number of nitrogens with zero attached hydrogens (tertiary/aromatic N) is 2. The summed E-state index contributed by atoms with van der Waals surface area (Å²) in [5, 5.41) is 0. The monoisotopic (exact) mass is 371 g/mol. The van der Waals surface area contributed by atoms with Gasteiger partial charge in [-0.15, -0.1) is 0 Å². The van der Waals surface area contributed by atoms with Gasteiger partial charge in [0, 0.05) is 17.7 Å². The lowest BCUT2D eigenvalue weighted by atomic mass is 10.3. The molecule has 8 heteroatoms. The van der Waals surface area contributed by atoms with Crippen LogP contribution in [0, 0.1) is 0 Å². The Kier molecular flexibility index (Phi) is 4.38. The quantitative estimate of drug-likeness (QED) is 0.890. The summed E-state index contributed by atoms with van der Waals surface area (Å²) in [7, 11) is -0.923. The molecule has 0 amide bonds. The van der Waals surface area contributed by atoms with Gasteiger partial charge in [-0.2, -0.15) is 0 Å². The number of benzene rings is 1. The van der Waals surface area contributed by atoms with Gasteiger partial charge in [0.2, 0.25) is 0 Å². The van der Waals surface area contributed by atoms with Crippen molar-refractivity contribution in [3.63, 3.8) is 0 Å². The average molecular weight is 372 g/mol. The highest BCUT2D eigenvalue weighted by molar-refractivity contribution is 9.10. The first-order chi connectivity index (χ1) is 9.87. The van der Waals surface area contributed by atoms with Crippen LogP contribution in [0.5, 0.6) is 5.75 Å². The smallest absolute Gasteiger partial charge is 0.267 e. The minimum atomic E-state index is -3.84. The zero-order valence-corrected chi connectivity index (χ0v) is 13.8. The summed E-state index contributed by atoms with van der Waals surface area (Å²) in [6, 6.07) is 8.25. The standard InChI is InChI=1S/C13H14BrN3O3S/c1-17(10-5-3-4-6-11(10)20-2)21(18,19)12-7-9(14)8-16-13(12)15/h3-8H,1-2H3,(H2,15,16). The van der Waals surface area contributed by atoms with Crippen molar-refractivity contribution in [3.8, 4) is 5.75 Å². The maximum absolute atomic E-state index is 12.7. The molecule has 2 N–H and O–H groups in total. The van der Waals surface area contributed by atoms with Crippen molar-refractivity contribution in [1.29, 1.82) is 0 Å². The number of hydrogen-bond donors (Lipinski definition) is 1. The Labute approximate surface area is 131 Å². The molecule has 2 rings (SSSR count). The Morgan fingerprint density at radius 3 is 2.67 bits per heavy atom. The molecule has 0 aliphatic rings. The summed E-state index contributed by atoms with van der Waals surface area (Å²) in [6.45, 7) is 0. The third-order valence-electron chi connectivity index (χ3n) is 2.91. The van der Waals surface area contributed by atoms with Gasteiger partial charge >= 0.3 is 0 Å². The van der Waals surface area contributed by atoms with Crippen LogP contribution in [0.3, 0.4) is 0 Å². The van der Waals surface area contributed by atoms with E-state index in [0.717, 1.165) is 4.31 Å². The number of aromatic nitrogens is 1. The van der Waals surface area contributed by atoms with Crippen molar-refractivity contribution in [2.24, 2.45) is 0 Å². The number of ether oxygens (including phenoxy) is 1. The number of pyridine rings is 1. The molecule has 0 saturated heterocycles. The van der Waals surface area contributed by atoms with Crippen molar-refractivity contribution in [2.75, 3.05) is 24.2 Å². The molecule has 0 unspecified atom stereocenters. The average Bonchev–Trinajstić information content (AvgIpc) is 2.48. The van der Waals surface area contributed by atoms with Crippen molar-refractivity contribution in [3.05, 3.63) is 41.0 Å². The third kappa shape index (κ3) is 2.96.